The molecule has 0 fully saturated rings. The zero-order valence-corrected chi connectivity index (χ0v) is 13.0. The van der Waals surface area contributed by atoms with E-state index in [9.17, 15) is 9.59 Å². The van der Waals surface area contributed by atoms with E-state index in [0.29, 0.717) is 16.3 Å². The van der Waals surface area contributed by atoms with E-state index in [-0.39, 0.29) is 24.6 Å². The molecule has 0 aliphatic rings. The normalized spacial score (nSPS) is 11.7. The van der Waals surface area contributed by atoms with Gasteiger partial charge in [0.25, 0.3) is 5.91 Å². The molecule has 0 bridgehead atoms. The molecule has 0 saturated heterocycles. The van der Waals surface area contributed by atoms with E-state index >= 15 is 0 Å². The summed E-state index contributed by atoms with van der Waals surface area (Å²) in [7, 11) is 0. The summed E-state index contributed by atoms with van der Waals surface area (Å²) in [5.74, 6) is -1.68. The SMILES string of the molecule is NC[C@H](CC(=O)O)c1ccc(Cl)c(NC(=O)c2ccccn2)c1. The molecule has 0 aliphatic carbocycles. The van der Waals surface area contributed by atoms with Crippen LogP contribution in [0.25, 0.3) is 0 Å². The maximum atomic E-state index is 12.1. The Kier molecular flexibility index (Phi) is 5.67. The highest BCUT2D eigenvalue weighted by molar-refractivity contribution is 6.33. The fourth-order valence-electron chi connectivity index (χ4n) is 2.12. The van der Waals surface area contributed by atoms with Crippen LogP contribution < -0.4 is 11.1 Å². The van der Waals surface area contributed by atoms with Gasteiger partial charge >= 0.3 is 5.97 Å². The summed E-state index contributed by atoms with van der Waals surface area (Å²) < 4.78 is 0. The van der Waals surface area contributed by atoms with Crippen molar-refractivity contribution in [2.75, 3.05) is 11.9 Å². The molecule has 2 rings (SSSR count). The molecule has 6 nitrogen and oxygen atoms in total. The maximum absolute atomic E-state index is 12.1. The van der Waals surface area contributed by atoms with E-state index < -0.39 is 11.9 Å². The summed E-state index contributed by atoms with van der Waals surface area (Å²) in [6.45, 7) is 0.182. The van der Waals surface area contributed by atoms with Gasteiger partial charge in [0, 0.05) is 12.1 Å². The van der Waals surface area contributed by atoms with Gasteiger partial charge in [-0.15, -0.1) is 0 Å². The lowest BCUT2D eigenvalue weighted by Crippen LogP contribution is -2.17. The van der Waals surface area contributed by atoms with Crippen molar-refractivity contribution in [3.8, 4) is 0 Å². The van der Waals surface area contributed by atoms with Crippen molar-refractivity contribution >= 4 is 29.2 Å². The highest BCUT2D eigenvalue weighted by Gasteiger charge is 2.16. The van der Waals surface area contributed by atoms with Crippen LogP contribution in [-0.2, 0) is 4.79 Å². The van der Waals surface area contributed by atoms with Crippen molar-refractivity contribution in [3.05, 3.63) is 58.9 Å². The predicted molar refractivity (Wildman–Crippen MR) is 87.7 cm³/mol. The van der Waals surface area contributed by atoms with Crippen LogP contribution >= 0.6 is 11.6 Å². The lowest BCUT2D eigenvalue weighted by molar-refractivity contribution is -0.137. The minimum Gasteiger partial charge on any atom is -0.481 e. The number of carbonyl (C=O) groups is 2. The number of carboxylic acids is 1. The number of amides is 1. The molecule has 0 spiro atoms. The molecule has 1 amide bonds. The third-order valence-corrected chi connectivity index (χ3v) is 3.64. The Labute approximate surface area is 138 Å². The van der Waals surface area contributed by atoms with Crippen LogP contribution in [0.15, 0.2) is 42.6 Å². The molecule has 1 atom stereocenters. The van der Waals surface area contributed by atoms with Gasteiger partial charge in [0.05, 0.1) is 17.1 Å². The van der Waals surface area contributed by atoms with E-state index in [4.69, 9.17) is 22.4 Å². The Hall–Kier alpha value is -2.44. The Morgan fingerprint density at radius 1 is 1.30 bits per heavy atom. The van der Waals surface area contributed by atoms with Crippen LogP contribution in [0.5, 0.6) is 0 Å². The number of carbonyl (C=O) groups excluding carboxylic acids is 1. The van der Waals surface area contributed by atoms with E-state index in [2.05, 4.69) is 10.3 Å². The minimum absolute atomic E-state index is 0.0915. The van der Waals surface area contributed by atoms with E-state index in [0.717, 1.165) is 0 Å². The van der Waals surface area contributed by atoms with Crippen molar-refractivity contribution in [1.82, 2.24) is 4.98 Å². The number of rotatable bonds is 6. The van der Waals surface area contributed by atoms with Crippen LogP contribution in [0, 0.1) is 0 Å². The molecular weight excluding hydrogens is 318 g/mol. The third-order valence-electron chi connectivity index (χ3n) is 3.31. The van der Waals surface area contributed by atoms with Gasteiger partial charge in [0.1, 0.15) is 5.69 Å². The van der Waals surface area contributed by atoms with Gasteiger partial charge in [0.2, 0.25) is 0 Å². The van der Waals surface area contributed by atoms with Gasteiger partial charge in [-0.05, 0) is 36.4 Å². The highest BCUT2D eigenvalue weighted by atomic mass is 35.5. The van der Waals surface area contributed by atoms with Gasteiger partial charge in [0.15, 0.2) is 0 Å². The number of hydrogen-bond donors (Lipinski definition) is 3. The maximum Gasteiger partial charge on any atom is 0.304 e. The third kappa shape index (κ3) is 4.51. The first kappa shape index (κ1) is 16.9. The quantitative estimate of drug-likeness (QED) is 0.753. The van der Waals surface area contributed by atoms with Gasteiger partial charge in [-0.25, -0.2) is 0 Å². The average molecular weight is 334 g/mol. The minimum atomic E-state index is -0.936. The predicted octanol–water partition coefficient (Wildman–Crippen LogP) is 2.50. The number of anilines is 1. The number of benzene rings is 1. The van der Waals surface area contributed by atoms with Gasteiger partial charge in [-0.2, -0.15) is 0 Å². The fourth-order valence-corrected chi connectivity index (χ4v) is 2.29. The number of halogens is 1. The molecule has 0 radical (unpaired) electrons. The molecule has 0 unspecified atom stereocenters. The largest absolute Gasteiger partial charge is 0.481 e. The molecule has 1 aromatic carbocycles. The van der Waals surface area contributed by atoms with Crippen molar-refractivity contribution in [2.24, 2.45) is 5.73 Å². The number of aliphatic carboxylic acids is 1. The first-order valence-corrected chi connectivity index (χ1v) is 7.32. The number of pyridine rings is 1. The van der Waals surface area contributed by atoms with Crippen molar-refractivity contribution in [2.45, 2.75) is 12.3 Å². The second-order valence-electron chi connectivity index (χ2n) is 4.94. The van der Waals surface area contributed by atoms with Crippen molar-refractivity contribution in [1.29, 1.82) is 0 Å². The highest BCUT2D eigenvalue weighted by Crippen LogP contribution is 2.28. The smallest absolute Gasteiger partial charge is 0.304 e. The van der Waals surface area contributed by atoms with E-state index in [1.165, 1.54) is 6.20 Å². The first-order valence-electron chi connectivity index (χ1n) is 6.95. The fraction of sp³-hybridized carbons (Fsp3) is 0.188. The molecule has 4 N–H and O–H groups in total. The molecular formula is C16H16ClN3O3. The topological polar surface area (TPSA) is 105 Å². The van der Waals surface area contributed by atoms with Crippen LogP contribution in [0.4, 0.5) is 5.69 Å². The monoisotopic (exact) mass is 333 g/mol. The lowest BCUT2D eigenvalue weighted by atomic mass is 9.95. The first-order chi connectivity index (χ1) is 11.0. The van der Waals surface area contributed by atoms with Gasteiger partial charge in [-0.3, -0.25) is 14.6 Å². The number of nitrogens with zero attached hydrogens (tertiary/aromatic N) is 1. The standard InChI is InChI=1S/C16H16ClN3O3/c17-12-5-4-10(11(9-18)8-15(21)22)7-14(12)20-16(23)13-3-1-2-6-19-13/h1-7,11H,8-9,18H2,(H,20,23)(H,21,22)/t11-/m0/s1. The molecule has 1 heterocycles. The second-order valence-corrected chi connectivity index (χ2v) is 5.35. The number of nitrogens with two attached hydrogens (primary N) is 1. The Morgan fingerprint density at radius 2 is 2.09 bits per heavy atom. The average Bonchev–Trinajstić information content (AvgIpc) is 2.55. The van der Waals surface area contributed by atoms with Crippen molar-refractivity contribution in [3.63, 3.8) is 0 Å². The Balaban J connectivity index is 2.23. The number of hydrogen-bond acceptors (Lipinski definition) is 4. The van der Waals surface area contributed by atoms with Crippen LogP contribution in [0.1, 0.15) is 28.4 Å². The summed E-state index contributed by atoms with van der Waals surface area (Å²) in [6.07, 6.45) is 1.43. The molecule has 0 saturated carbocycles. The molecule has 0 aliphatic heterocycles. The summed E-state index contributed by atoms with van der Waals surface area (Å²) in [5.41, 5.74) is 7.00. The molecule has 2 aromatic rings. The summed E-state index contributed by atoms with van der Waals surface area (Å²) in [4.78, 5) is 27.0. The lowest BCUT2D eigenvalue weighted by Gasteiger charge is -2.15. The Bertz CT molecular complexity index is 707. The summed E-state index contributed by atoms with van der Waals surface area (Å²) in [6, 6.07) is 9.96. The molecule has 7 heteroatoms. The van der Waals surface area contributed by atoms with Gasteiger partial charge in [-0.1, -0.05) is 23.7 Å². The number of nitrogens with one attached hydrogen (secondary N) is 1. The van der Waals surface area contributed by atoms with E-state index in [1.807, 2.05) is 0 Å². The van der Waals surface area contributed by atoms with E-state index in [1.54, 1.807) is 36.4 Å². The second kappa shape index (κ2) is 7.71. The molecule has 23 heavy (non-hydrogen) atoms. The zero-order chi connectivity index (χ0) is 16.8. The number of carboxylic acid groups (broad SMARTS) is 1. The summed E-state index contributed by atoms with van der Waals surface area (Å²) >= 11 is 6.10. The Morgan fingerprint density at radius 3 is 2.70 bits per heavy atom. The van der Waals surface area contributed by atoms with Crippen molar-refractivity contribution < 1.29 is 14.7 Å². The summed E-state index contributed by atoms with van der Waals surface area (Å²) in [5, 5.41) is 12.0. The van der Waals surface area contributed by atoms with Crippen LogP contribution in [0.2, 0.25) is 5.02 Å². The zero-order valence-electron chi connectivity index (χ0n) is 12.2. The number of aromatic nitrogens is 1. The molecule has 1 aromatic heterocycles. The van der Waals surface area contributed by atoms with Crippen LogP contribution in [0.3, 0.4) is 0 Å². The van der Waals surface area contributed by atoms with Gasteiger partial charge < -0.3 is 16.2 Å². The van der Waals surface area contributed by atoms with Crippen LogP contribution in [-0.4, -0.2) is 28.5 Å². The molecule has 120 valence electrons.